The topological polar surface area (TPSA) is 81.4 Å². The number of rotatable bonds is 6. The van der Waals surface area contributed by atoms with Gasteiger partial charge in [-0.25, -0.2) is 13.1 Å². The molecule has 1 aliphatic heterocycles. The van der Waals surface area contributed by atoms with Crippen LogP contribution in [0.25, 0.3) is 0 Å². The van der Waals surface area contributed by atoms with Crippen LogP contribution in [0, 0.1) is 0 Å². The maximum Gasteiger partial charge on any atom is 0.212 e. The lowest BCUT2D eigenvalue weighted by atomic mass is 9.92. The summed E-state index contributed by atoms with van der Waals surface area (Å²) in [4.78, 5) is 0. The van der Waals surface area contributed by atoms with Gasteiger partial charge in [0.05, 0.1) is 5.75 Å². The van der Waals surface area contributed by atoms with Crippen LogP contribution in [0.15, 0.2) is 30.3 Å². The van der Waals surface area contributed by atoms with Crippen molar-refractivity contribution < 1.29 is 13.2 Å². The molecule has 3 N–H and O–H groups in total. The van der Waals surface area contributed by atoms with Gasteiger partial charge in [-0.1, -0.05) is 30.3 Å². The van der Waals surface area contributed by atoms with Gasteiger partial charge in [0.2, 0.25) is 10.0 Å². The van der Waals surface area contributed by atoms with E-state index in [1.165, 1.54) is 0 Å². The fourth-order valence-corrected chi connectivity index (χ4v) is 3.94. The molecule has 1 aromatic carbocycles. The van der Waals surface area contributed by atoms with Gasteiger partial charge in [-0.3, -0.25) is 0 Å². The number of nitrogens with one attached hydrogen (secondary N) is 1. The third-order valence-electron chi connectivity index (χ3n) is 3.71. The molecule has 1 heterocycles. The average molecular weight is 298 g/mol. The molecule has 1 aromatic rings. The van der Waals surface area contributed by atoms with E-state index in [4.69, 9.17) is 10.5 Å². The van der Waals surface area contributed by atoms with E-state index in [-0.39, 0.29) is 5.75 Å². The Morgan fingerprint density at radius 2 is 1.85 bits per heavy atom. The summed E-state index contributed by atoms with van der Waals surface area (Å²) in [6.07, 6.45) is 1.77. The van der Waals surface area contributed by atoms with Gasteiger partial charge in [0, 0.05) is 25.3 Å². The first kappa shape index (κ1) is 15.4. The maximum absolute atomic E-state index is 12.2. The predicted octanol–water partition coefficient (Wildman–Crippen LogP) is 0.656. The number of nitrogens with two attached hydrogens (primary N) is 1. The van der Waals surface area contributed by atoms with Crippen LogP contribution in [0.3, 0.4) is 0 Å². The molecule has 0 aliphatic carbocycles. The van der Waals surface area contributed by atoms with E-state index >= 15 is 0 Å². The zero-order valence-corrected chi connectivity index (χ0v) is 12.4. The molecule has 1 fully saturated rings. The Morgan fingerprint density at radius 1 is 1.20 bits per heavy atom. The summed E-state index contributed by atoms with van der Waals surface area (Å²) in [5.41, 5.74) is 6.26. The Balaban J connectivity index is 1.96. The van der Waals surface area contributed by atoms with Gasteiger partial charge in [0.15, 0.2) is 0 Å². The molecule has 0 unspecified atom stereocenters. The van der Waals surface area contributed by atoms with Gasteiger partial charge in [0.1, 0.15) is 0 Å². The van der Waals surface area contributed by atoms with E-state index in [2.05, 4.69) is 4.72 Å². The van der Waals surface area contributed by atoms with E-state index < -0.39 is 15.6 Å². The first-order chi connectivity index (χ1) is 9.55. The standard InChI is InChI=1S/C14H22N2O3S/c15-12-14(7-9-19-10-8-14)16-20(17,18)11-6-13-4-2-1-3-5-13/h1-5,16H,6-12,15H2. The smallest absolute Gasteiger partial charge is 0.212 e. The molecule has 5 nitrogen and oxygen atoms in total. The van der Waals surface area contributed by atoms with E-state index in [1.807, 2.05) is 30.3 Å². The minimum atomic E-state index is -3.34. The minimum absolute atomic E-state index is 0.0830. The first-order valence-electron chi connectivity index (χ1n) is 6.89. The van der Waals surface area contributed by atoms with E-state index in [9.17, 15) is 8.42 Å². The highest BCUT2D eigenvalue weighted by Gasteiger charge is 2.34. The maximum atomic E-state index is 12.2. The molecule has 0 bridgehead atoms. The van der Waals surface area contributed by atoms with Crippen molar-refractivity contribution >= 4 is 10.0 Å². The lowest BCUT2D eigenvalue weighted by Crippen LogP contribution is -2.57. The zero-order chi connectivity index (χ0) is 14.5. The van der Waals surface area contributed by atoms with Crippen molar-refractivity contribution in [1.29, 1.82) is 0 Å². The molecule has 1 saturated heterocycles. The van der Waals surface area contributed by atoms with Crippen LogP contribution in [-0.2, 0) is 21.2 Å². The van der Waals surface area contributed by atoms with Gasteiger partial charge < -0.3 is 10.5 Å². The molecular weight excluding hydrogens is 276 g/mol. The summed E-state index contributed by atoms with van der Waals surface area (Å²) < 4.78 is 32.5. The lowest BCUT2D eigenvalue weighted by Gasteiger charge is -2.36. The monoisotopic (exact) mass is 298 g/mol. The second-order valence-electron chi connectivity index (χ2n) is 5.25. The van der Waals surface area contributed by atoms with Gasteiger partial charge >= 0.3 is 0 Å². The van der Waals surface area contributed by atoms with E-state index in [0.29, 0.717) is 39.0 Å². The Hall–Kier alpha value is -0.950. The lowest BCUT2D eigenvalue weighted by molar-refractivity contribution is 0.0502. The summed E-state index contributed by atoms with van der Waals surface area (Å²) >= 11 is 0. The zero-order valence-electron chi connectivity index (χ0n) is 11.5. The van der Waals surface area contributed by atoms with Crippen molar-refractivity contribution in [2.45, 2.75) is 24.8 Å². The van der Waals surface area contributed by atoms with Crippen molar-refractivity contribution in [3.8, 4) is 0 Å². The van der Waals surface area contributed by atoms with Gasteiger partial charge in [-0.05, 0) is 24.8 Å². The van der Waals surface area contributed by atoms with E-state index in [1.54, 1.807) is 0 Å². The number of hydrogen-bond donors (Lipinski definition) is 2. The number of hydrogen-bond acceptors (Lipinski definition) is 4. The average Bonchev–Trinajstić information content (AvgIpc) is 2.47. The van der Waals surface area contributed by atoms with Gasteiger partial charge in [0.25, 0.3) is 0 Å². The molecule has 20 heavy (non-hydrogen) atoms. The van der Waals surface area contributed by atoms with Crippen LogP contribution in [0.4, 0.5) is 0 Å². The second kappa shape index (κ2) is 6.67. The Bertz CT molecular complexity index is 510. The van der Waals surface area contributed by atoms with Gasteiger partial charge in [-0.15, -0.1) is 0 Å². The number of aryl methyl sites for hydroxylation is 1. The largest absolute Gasteiger partial charge is 0.381 e. The Kier molecular flexibility index (Phi) is 5.15. The van der Waals surface area contributed by atoms with Crippen LogP contribution in [0.2, 0.25) is 0 Å². The summed E-state index contributed by atoms with van der Waals surface area (Å²) in [6, 6.07) is 9.61. The van der Waals surface area contributed by atoms with Crippen LogP contribution in [-0.4, -0.2) is 39.5 Å². The first-order valence-corrected chi connectivity index (χ1v) is 8.54. The van der Waals surface area contributed by atoms with Crippen LogP contribution in [0.1, 0.15) is 18.4 Å². The quantitative estimate of drug-likeness (QED) is 0.808. The molecular formula is C14H22N2O3S. The van der Waals surface area contributed by atoms with Gasteiger partial charge in [-0.2, -0.15) is 0 Å². The second-order valence-corrected chi connectivity index (χ2v) is 7.10. The number of benzene rings is 1. The highest BCUT2D eigenvalue weighted by Crippen LogP contribution is 2.20. The third-order valence-corrected chi connectivity index (χ3v) is 5.20. The molecule has 0 amide bonds. The molecule has 2 rings (SSSR count). The molecule has 1 aliphatic rings. The normalized spacial score (nSPS) is 18.9. The van der Waals surface area contributed by atoms with Crippen LogP contribution < -0.4 is 10.5 Å². The Morgan fingerprint density at radius 3 is 2.45 bits per heavy atom. The summed E-state index contributed by atoms with van der Waals surface area (Å²) in [7, 11) is -3.34. The summed E-state index contributed by atoms with van der Waals surface area (Å²) in [5.74, 6) is 0.0830. The fraction of sp³-hybridized carbons (Fsp3) is 0.571. The molecule has 0 aromatic heterocycles. The molecule has 0 radical (unpaired) electrons. The fourth-order valence-electron chi connectivity index (χ4n) is 2.39. The molecule has 6 heteroatoms. The van der Waals surface area contributed by atoms with Crippen molar-refractivity contribution in [1.82, 2.24) is 4.72 Å². The highest BCUT2D eigenvalue weighted by atomic mass is 32.2. The number of ether oxygens (including phenoxy) is 1. The molecule has 112 valence electrons. The summed E-state index contributed by atoms with van der Waals surface area (Å²) in [5, 5.41) is 0. The molecule has 0 spiro atoms. The molecule has 0 saturated carbocycles. The molecule has 0 atom stereocenters. The minimum Gasteiger partial charge on any atom is -0.381 e. The predicted molar refractivity (Wildman–Crippen MR) is 78.9 cm³/mol. The third kappa shape index (κ3) is 4.28. The van der Waals surface area contributed by atoms with Crippen molar-refractivity contribution in [3.63, 3.8) is 0 Å². The van der Waals surface area contributed by atoms with Crippen molar-refractivity contribution in [2.75, 3.05) is 25.5 Å². The number of sulfonamides is 1. The Labute approximate surface area is 120 Å². The van der Waals surface area contributed by atoms with Crippen molar-refractivity contribution in [3.05, 3.63) is 35.9 Å². The summed E-state index contributed by atoms with van der Waals surface area (Å²) in [6.45, 7) is 1.41. The highest BCUT2D eigenvalue weighted by molar-refractivity contribution is 7.89. The van der Waals surface area contributed by atoms with Crippen LogP contribution >= 0.6 is 0 Å². The van der Waals surface area contributed by atoms with Crippen molar-refractivity contribution in [2.24, 2.45) is 5.73 Å². The SMILES string of the molecule is NCC1(NS(=O)(=O)CCc2ccccc2)CCOCC1. The van der Waals surface area contributed by atoms with Crippen LogP contribution in [0.5, 0.6) is 0 Å². The van der Waals surface area contributed by atoms with E-state index in [0.717, 1.165) is 5.56 Å².